The molecule has 0 N–H and O–H groups in total. The van der Waals surface area contributed by atoms with Crippen molar-refractivity contribution in [1.82, 2.24) is 15.0 Å². The van der Waals surface area contributed by atoms with Gasteiger partial charge in [-0.05, 0) is 5.57 Å². The van der Waals surface area contributed by atoms with Gasteiger partial charge in [0, 0.05) is 7.05 Å². The standard InChI is InChI=1S/C9H11N3/c1-4-5-6-8(2)9-7-12(3)11-10-9/h4-7H,1-2H2,3H3/b6-5-. The zero-order valence-corrected chi connectivity index (χ0v) is 7.07. The van der Waals surface area contributed by atoms with Crippen molar-refractivity contribution in [2.45, 2.75) is 0 Å². The van der Waals surface area contributed by atoms with Crippen molar-refractivity contribution in [3.8, 4) is 0 Å². The predicted molar refractivity (Wildman–Crippen MR) is 49.4 cm³/mol. The summed E-state index contributed by atoms with van der Waals surface area (Å²) in [5.41, 5.74) is 1.62. The third-order valence-electron chi connectivity index (χ3n) is 1.37. The van der Waals surface area contributed by atoms with Crippen molar-refractivity contribution in [2.24, 2.45) is 7.05 Å². The van der Waals surface area contributed by atoms with Crippen LogP contribution in [0, 0.1) is 0 Å². The van der Waals surface area contributed by atoms with Gasteiger partial charge in [-0.2, -0.15) is 0 Å². The molecule has 0 spiro atoms. The number of hydrogen-bond donors (Lipinski definition) is 0. The fourth-order valence-corrected chi connectivity index (χ4v) is 0.764. The Morgan fingerprint density at radius 3 is 2.92 bits per heavy atom. The van der Waals surface area contributed by atoms with Gasteiger partial charge in [-0.1, -0.05) is 36.6 Å². The van der Waals surface area contributed by atoms with Crippen molar-refractivity contribution in [3.63, 3.8) is 0 Å². The lowest BCUT2D eigenvalue weighted by Crippen LogP contribution is -1.85. The first kappa shape index (κ1) is 8.46. The monoisotopic (exact) mass is 161 g/mol. The van der Waals surface area contributed by atoms with Gasteiger partial charge in [0.1, 0.15) is 5.69 Å². The van der Waals surface area contributed by atoms with Gasteiger partial charge >= 0.3 is 0 Å². The van der Waals surface area contributed by atoms with Crippen LogP contribution in [-0.4, -0.2) is 15.0 Å². The van der Waals surface area contributed by atoms with E-state index in [0.717, 1.165) is 11.3 Å². The topological polar surface area (TPSA) is 30.7 Å². The summed E-state index contributed by atoms with van der Waals surface area (Å²) < 4.78 is 1.64. The average molecular weight is 161 g/mol. The molecule has 0 aromatic carbocycles. The maximum Gasteiger partial charge on any atom is 0.112 e. The van der Waals surface area contributed by atoms with Crippen LogP contribution in [0.3, 0.4) is 0 Å². The van der Waals surface area contributed by atoms with E-state index in [9.17, 15) is 0 Å². The molecule has 3 heteroatoms. The molecule has 0 amide bonds. The van der Waals surface area contributed by atoms with Crippen LogP contribution in [0.2, 0.25) is 0 Å². The van der Waals surface area contributed by atoms with Crippen LogP contribution in [0.25, 0.3) is 5.57 Å². The molecular weight excluding hydrogens is 150 g/mol. The lowest BCUT2D eigenvalue weighted by Gasteiger charge is -1.88. The van der Waals surface area contributed by atoms with Crippen LogP contribution in [0.4, 0.5) is 0 Å². The Morgan fingerprint density at radius 1 is 1.67 bits per heavy atom. The van der Waals surface area contributed by atoms with E-state index in [1.807, 2.05) is 25.4 Å². The number of hydrogen-bond acceptors (Lipinski definition) is 2. The molecule has 0 aliphatic rings. The van der Waals surface area contributed by atoms with Crippen LogP contribution in [0.1, 0.15) is 5.69 Å². The number of aryl methyl sites for hydroxylation is 1. The van der Waals surface area contributed by atoms with Crippen LogP contribution in [-0.2, 0) is 7.05 Å². The SMILES string of the molecule is C=C/C=C\C(=C)c1cn(C)nn1. The Kier molecular flexibility index (Phi) is 2.58. The summed E-state index contributed by atoms with van der Waals surface area (Å²) in [5, 5.41) is 7.69. The second kappa shape index (κ2) is 3.67. The smallest absolute Gasteiger partial charge is 0.112 e. The Hall–Kier alpha value is -1.64. The highest BCUT2D eigenvalue weighted by Gasteiger charge is 1.98. The minimum atomic E-state index is 0.788. The first-order valence-corrected chi connectivity index (χ1v) is 3.58. The highest BCUT2D eigenvalue weighted by Crippen LogP contribution is 2.08. The van der Waals surface area contributed by atoms with E-state index in [1.165, 1.54) is 0 Å². The van der Waals surface area contributed by atoms with E-state index < -0.39 is 0 Å². The molecular formula is C9H11N3. The minimum absolute atomic E-state index is 0.788. The Bertz CT molecular complexity index is 320. The van der Waals surface area contributed by atoms with E-state index in [0.29, 0.717) is 0 Å². The van der Waals surface area contributed by atoms with Crippen molar-refractivity contribution in [1.29, 1.82) is 0 Å². The average Bonchev–Trinajstić information content (AvgIpc) is 2.47. The zero-order valence-electron chi connectivity index (χ0n) is 7.07. The molecule has 0 saturated carbocycles. The third kappa shape index (κ3) is 1.92. The Labute approximate surface area is 71.7 Å². The van der Waals surface area contributed by atoms with Gasteiger partial charge in [-0.3, -0.25) is 4.68 Å². The molecule has 3 nitrogen and oxygen atoms in total. The second-order valence-electron chi connectivity index (χ2n) is 2.40. The van der Waals surface area contributed by atoms with Gasteiger partial charge in [0.15, 0.2) is 0 Å². The summed E-state index contributed by atoms with van der Waals surface area (Å²) in [6.45, 7) is 7.39. The molecule has 0 atom stereocenters. The minimum Gasteiger partial charge on any atom is -0.255 e. The molecule has 1 aromatic rings. The molecule has 1 rings (SSSR count). The Morgan fingerprint density at radius 2 is 2.42 bits per heavy atom. The molecule has 0 bridgehead atoms. The van der Waals surface area contributed by atoms with Crippen LogP contribution in [0.15, 0.2) is 37.6 Å². The molecule has 12 heavy (non-hydrogen) atoms. The van der Waals surface area contributed by atoms with E-state index in [1.54, 1.807) is 10.8 Å². The molecule has 0 aliphatic carbocycles. The number of nitrogens with zero attached hydrogens (tertiary/aromatic N) is 3. The molecule has 1 heterocycles. The van der Waals surface area contributed by atoms with E-state index >= 15 is 0 Å². The van der Waals surface area contributed by atoms with Gasteiger partial charge in [-0.25, -0.2) is 0 Å². The number of aromatic nitrogens is 3. The van der Waals surface area contributed by atoms with Crippen molar-refractivity contribution >= 4 is 5.57 Å². The van der Waals surface area contributed by atoms with Crippen LogP contribution in [0.5, 0.6) is 0 Å². The van der Waals surface area contributed by atoms with E-state index in [2.05, 4.69) is 23.5 Å². The second-order valence-corrected chi connectivity index (χ2v) is 2.40. The summed E-state index contributed by atoms with van der Waals surface area (Å²) in [7, 11) is 1.82. The summed E-state index contributed by atoms with van der Waals surface area (Å²) in [6.07, 6.45) is 7.17. The first-order chi connectivity index (χ1) is 5.74. The van der Waals surface area contributed by atoms with Crippen molar-refractivity contribution < 1.29 is 0 Å². The van der Waals surface area contributed by atoms with Crippen LogP contribution >= 0.6 is 0 Å². The maximum absolute atomic E-state index is 3.90. The lowest BCUT2D eigenvalue weighted by atomic mass is 10.2. The molecule has 0 unspecified atom stereocenters. The van der Waals surface area contributed by atoms with Crippen LogP contribution < -0.4 is 0 Å². The van der Waals surface area contributed by atoms with E-state index in [4.69, 9.17) is 0 Å². The van der Waals surface area contributed by atoms with Gasteiger partial charge in [0.05, 0.1) is 6.20 Å². The Balaban J connectivity index is 2.78. The van der Waals surface area contributed by atoms with Crippen molar-refractivity contribution in [2.75, 3.05) is 0 Å². The molecule has 0 saturated heterocycles. The van der Waals surface area contributed by atoms with Gasteiger partial charge in [0.25, 0.3) is 0 Å². The highest BCUT2D eigenvalue weighted by atomic mass is 15.4. The fourth-order valence-electron chi connectivity index (χ4n) is 0.764. The largest absolute Gasteiger partial charge is 0.255 e. The van der Waals surface area contributed by atoms with E-state index in [-0.39, 0.29) is 0 Å². The number of rotatable bonds is 3. The molecule has 0 aliphatic heterocycles. The summed E-state index contributed by atoms with van der Waals surface area (Å²) in [5.74, 6) is 0. The molecule has 0 fully saturated rings. The predicted octanol–water partition coefficient (Wildman–Crippen LogP) is 1.57. The normalized spacial score (nSPS) is 10.4. The van der Waals surface area contributed by atoms with Crippen molar-refractivity contribution in [3.05, 3.63) is 43.3 Å². The first-order valence-electron chi connectivity index (χ1n) is 3.58. The zero-order chi connectivity index (χ0) is 8.97. The lowest BCUT2D eigenvalue weighted by molar-refractivity contribution is 0.714. The quantitative estimate of drug-likeness (QED) is 0.630. The number of allylic oxidation sites excluding steroid dienone is 4. The molecule has 1 aromatic heterocycles. The summed E-state index contributed by atoms with van der Waals surface area (Å²) >= 11 is 0. The highest BCUT2D eigenvalue weighted by molar-refractivity contribution is 5.68. The summed E-state index contributed by atoms with van der Waals surface area (Å²) in [6, 6.07) is 0. The maximum atomic E-state index is 3.90. The fraction of sp³-hybridized carbons (Fsp3) is 0.111. The van der Waals surface area contributed by atoms with Gasteiger partial charge in [0.2, 0.25) is 0 Å². The molecule has 0 radical (unpaired) electrons. The van der Waals surface area contributed by atoms with Gasteiger partial charge < -0.3 is 0 Å². The third-order valence-corrected chi connectivity index (χ3v) is 1.37. The van der Waals surface area contributed by atoms with Gasteiger partial charge in [-0.15, -0.1) is 5.10 Å². The summed E-state index contributed by atoms with van der Waals surface area (Å²) in [4.78, 5) is 0. The molecule has 62 valence electrons.